The Morgan fingerprint density at radius 1 is 1.41 bits per heavy atom. The first-order valence-corrected chi connectivity index (χ1v) is 9.42. The van der Waals surface area contributed by atoms with Gasteiger partial charge in [-0.1, -0.05) is 39.1 Å². The van der Waals surface area contributed by atoms with E-state index in [1.54, 1.807) is 11.9 Å². The molecule has 22 heavy (non-hydrogen) atoms. The van der Waals surface area contributed by atoms with E-state index >= 15 is 0 Å². The Hall–Kier alpha value is -1.16. The lowest BCUT2D eigenvalue weighted by atomic mass is 9.96. The Morgan fingerprint density at radius 3 is 2.95 bits per heavy atom. The van der Waals surface area contributed by atoms with E-state index < -0.39 is 0 Å². The SMILES string of the molecule is CCCCC(=O)c1cc2c(c(NSCC(C)C)c1)NCCC2. The van der Waals surface area contributed by atoms with E-state index in [0.29, 0.717) is 12.3 Å². The number of carbonyl (C=O) groups excluding carboxylic acids is 1. The summed E-state index contributed by atoms with van der Waals surface area (Å²) in [5, 5.41) is 3.49. The molecule has 0 unspecified atom stereocenters. The zero-order valence-corrected chi connectivity index (χ0v) is 14.8. The monoisotopic (exact) mass is 320 g/mol. The van der Waals surface area contributed by atoms with Crippen LogP contribution in [0.5, 0.6) is 0 Å². The van der Waals surface area contributed by atoms with Crippen molar-refractivity contribution >= 4 is 29.1 Å². The van der Waals surface area contributed by atoms with E-state index in [4.69, 9.17) is 0 Å². The number of fused-ring (bicyclic) bond motifs is 1. The lowest BCUT2D eigenvalue weighted by molar-refractivity contribution is 0.0979. The number of ketones is 1. The molecule has 1 aromatic carbocycles. The molecule has 3 nitrogen and oxygen atoms in total. The molecule has 0 saturated carbocycles. The first kappa shape index (κ1) is 17.2. The first-order valence-electron chi connectivity index (χ1n) is 8.43. The van der Waals surface area contributed by atoms with Gasteiger partial charge in [-0.15, -0.1) is 0 Å². The van der Waals surface area contributed by atoms with Gasteiger partial charge in [-0.25, -0.2) is 0 Å². The van der Waals surface area contributed by atoms with Crippen molar-refractivity contribution in [2.75, 3.05) is 22.3 Å². The summed E-state index contributed by atoms with van der Waals surface area (Å²) in [4.78, 5) is 12.4. The van der Waals surface area contributed by atoms with Crippen LogP contribution in [-0.2, 0) is 6.42 Å². The van der Waals surface area contributed by atoms with Crippen LogP contribution in [0.25, 0.3) is 0 Å². The summed E-state index contributed by atoms with van der Waals surface area (Å²) >= 11 is 1.72. The highest BCUT2D eigenvalue weighted by molar-refractivity contribution is 8.00. The Bertz CT molecular complexity index is 514. The molecule has 122 valence electrons. The molecule has 0 amide bonds. The van der Waals surface area contributed by atoms with E-state index in [1.807, 2.05) is 6.07 Å². The third kappa shape index (κ3) is 4.67. The van der Waals surface area contributed by atoms with E-state index in [9.17, 15) is 4.79 Å². The standard InChI is InChI=1S/C18H28N2OS/c1-4-5-8-17(21)15-10-14-7-6-9-19-18(14)16(11-15)20-22-12-13(2)3/h10-11,13,19-20H,4-9,12H2,1-3H3. The number of Topliss-reactive ketones (excluding diaryl/α,β-unsaturated/α-hetero) is 1. The molecule has 0 radical (unpaired) electrons. The Labute approximate surface area is 138 Å². The maximum atomic E-state index is 12.4. The third-order valence-electron chi connectivity index (χ3n) is 3.82. The molecule has 0 atom stereocenters. The summed E-state index contributed by atoms with van der Waals surface area (Å²) in [7, 11) is 0. The fourth-order valence-corrected chi connectivity index (χ4v) is 3.34. The van der Waals surface area contributed by atoms with Crippen LogP contribution in [-0.4, -0.2) is 18.1 Å². The lowest BCUT2D eigenvalue weighted by Gasteiger charge is -2.23. The van der Waals surface area contributed by atoms with Crippen LogP contribution in [0.4, 0.5) is 11.4 Å². The largest absolute Gasteiger partial charge is 0.383 e. The zero-order valence-electron chi connectivity index (χ0n) is 14.0. The molecule has 2 rings (SSSR count). The molecular formula is C18H28N2OS. The summed E-state index contributed by atoms with van der Waals surface area (Å²) < 4.78 is 3.46. The predicted molar refractivity (Wildman–Crippen MR) is 98.0 cm³/mol. The number of rotatable bonds is 8. The zero-order chi connectivity index (χ0) is 15.9. The second kappa shape index (κ2) is 8.47. The van der Waals surface area contributed by atoms with Crippen molar-refractivity contribution in [2.24, 2.45) is 5.92 Å². The molecule has 2 N–H and O–H groups in total. The van der Waals surface area contributed by atoms with Crippen LogP contribution in [0.15, 0.2) is 12.1 Å². The van der Waals surface area contributed by atoms with Crippen LogP contribution in [0.3, 0.4) is 0 Å². The molecule has 0 fully saturated rings. The van der Waals surface area contributed by atoms with Gasteiger partial charge in [0.05, 0.1) is 11.4 Å². The maximum absolute atomic E-state index is 12.4. The van der Waals surface area contributed by atoms with Crippen molar-refractivity contribution in [1.29, 1.82) is 0 Å². The molecule has 0 bridgehead atoms. The minimum atomic E-state index is 0.270. The number of anilines is 2. The second-order valence-electron chi connectivity index (χ2n) is 6.42. The molecule has 1 aliphatic rings. The van der Waals surface area contributed by atoms with E-state index in [1.165, 1.54) is 11.3 Å². The molecule has 1 heterocycles. The van der Waals surface area contributed by atoms with Crippen LogP contribution >= 0.6 is 11.9 Å². The van der Waals surface area contributed by atoms with Crippen LogP contribution in [0, 0.1) is 5.92 Å². The van der Waals surface area contributed by atoms with Crippen molar-refractivity contribution in [1.82, 2.24) is 0 Å². The maximum Gasteiger partial charge on any atom is 0.162 e. The fourth-order valence-electron chi connectivity index (χ4n) is 2.61. The Morgan fingerprint density at radius 2 is 2.23 bits per heavy atom. The summed E-state index contributed by atoms with van der Waals surface area (Å²) in [6.07, 6.45) is 4.88. The van der Waals surface area contributed by atoms with Gasteiger partial charge in [-0.05, 0) is 42.9 Å². The summed E-state index contributed by atoms with van der Waals surface area (Å²) in [6.45, 7) is 7.57. The Balaban J connectivity index is 2.19. The number of benzene rings is 1. The molecule has 1 aliphatic heterocycles. The molecule has 0 spiro atoms. The number of aryl methyl sites for hydroxylation is 1. The average molecular weight is 321 g/mol. The quantitative estimate of drug-likeness (QED) is 0.514. The molecule has 4 heteroatoms. The minimum Gasteiger partial charge on any atom is -0.383 e. The second-order valence-corrected chi connectivity index (χ2v) is 7.25. The van der Waals surface area contributed by atoms with E-state index in [-0.39, 0.29) is 5.78 Å². The van der Waals surface area contributed by atoms with Crippen LogP contribution in [0.2, 0.25) is 0 Å². The van der Waals surface area contributed by atoms with Gasteiger partial charge in [-0.2, -0.15) is 0 Å². The molecule has 0 saturated heterocycles. The summed E-state index contributed by atoms with van der Waals surface area (Å²) in [6, 6.07) is 4.13. The number of unbranched alkanes of at least 4 members (excludes halogenated alkanes) is 1. The predicted octanol–water partition coefficient (Wildman–Crippen LogP) is 5.13. The van der Waals surface area contributed by atoms with Crippen molar-refractivity contribution in [3.8, 4) is 0 Å². The highest BCUT2D eigenvalue weighted by Crippen LogP contribution is 2.34. The van der Waals surface area contributed by atoms with E-state index in [2.05, 4.69) is 36.9 Å². The van der Waals surface area contributed by atoms with Gasteiger partial charge in [0.2, 0.25) is 0 Å². The number of hydrogen-bond donors (Lipinski definition) is 2. The van der Waals surface area contributed by atoms with Crippen molar-refractivity contribution < 1.29 is 4.79 Å². The van der Waals surface area contributed by atoms with Gasteiger partial charge in [0, 0.05) is 24.3 Å². The molecular weight excluding hydrogens is 292 g/mol. The number of nitrogens with one attached hydrogen (secondary N) is 2. The first-order chi connectivity index (χ1) is 10.6. The molecule has 1 aromatic rings. The van der Waals surface area contributed by atoms with Gasteiger partial charge < -0.3 is 10.0 Å². The minimum absolute atomic E-state index is 0.270. The van der Waals surface area contributed by atoms with Gasteiger partial charge in [0.15, 0.2) is 5.78 Å². The topological polar surface area (TPSA) is 41.1 Å². The summed E-state index contributed by atoms with van der Waals surface area (Å²) in [5.74, 6) is 1.98. The third-order valence-corrected chi connectivity index (χ3v) is 5.02. The normalized spacial score (nSPS) is 13.6. The van der Waals surface area contributed by atoms with Crippen LogP contribution in [0.1, 0.15) is 62.4 Å². The smallest absolute Gasteiger partial charge is 0.162 e. The van der Waals surface area contributed by atoms with Gasteiger partial charge in [0.25, 0.3) is 0 Å². The van der Waals surface area contributed by atoms with E-state index in [0.717, 1.165) is 49.2 Å². The number of hydrogen-bond acceptors (Lipinski definition) is 4. The number of carbonyl (C=O) groups is 1. The van der Waals surface area contributed by atoms with Crippen molar-refractivity contribution in [3.05, 3.63) is 23.3 Å². The van der Waals surface area contributed by atoms with Gasteiger partial charge >= 0.3 is 0 Å². The van der Waals surface area contributed by atoms with Crippen molar-refractivity contribution in [3.63, 3.8) is 0 Å². The van der Waals surface area contributed by atoms with Gasteiger partial charge in [-0.3, -0.25) is 4.79 Å². The van der Waals surface area contributed by atoms with Crippen LogP contribution < -0.4 is 10.0 Å². The van der Waals surface area contributed by atoms with Crippen molar-refractivity contribution in [2.45, 2.75) is 52.9 Å². The molecule has 0 aliphatic carbocycles. The molecule has 0 aromatic heterocycles. The average Bonchev–Trinajstić information content (AvgIpc) is 2.52. The highest BCUT2D eigenvalue weighted by atomic mass is 32.2. The Kier molecular flexibility index (Phi) is 6.62. The summed E-state index contributed by atoms with van der Waals surface area (Å²) in [5.41, 5.74) is 4.40. The lowest BCUT2D eigenvalue weighted by Crippen LogP contribution is -2.15. The highest BCUT2D eigenvalue weighted by Gasteiger charge is 2.17. The fraction of sp³-hybridized carbons (Fsp3) is 0.611. The van der Waals surface area contributed by atoms with Gasteiger partial charge in [0.1, 0.15) is 0 Å².